The highest BCUT2D eigenvalue weighted by atomic mass is 16.4. The van der Waals surface area contributed by atoms with Gasteiger partial charge in [-0.05, 0) is 33.4 Å². The zero-order chi connectivity index (χ0) is 12.0. The number of likely N-dealkylation sites (tertiary alicyclic amines) is 1. The SMILES string of the molecule is CC(CC(N)=NO)NCC1CCCCN1C. The number of amidine groups is 1. The van der Waals surface area contributed by atoms with E-state index in [4.69, 9.17) is 10.9 Å². The third kappa shape index (κ3) is 4.37. The van der Waals surface area contributed by atoms with Gasteiger partial charge in [-0.2, -0.15) is 0 Å². The summed E-state index contributed by atoms with van der Waals surface area (Å²) in [5.41, 5.74) is 5.46. The van der Waals surface area contributed by atoms with Crippen LogP contribution in [-0.4, -0.2) is 48.2 Å². The number of nitrogens with one attached hydrogen (secondary N) is 1. The second-order valence-electron chi connectivity index (χ2n) is 4.73. The van der Waals surface area contributed by atoms with Crippen molar-refractivity contribution in [3.63, 3.8) is 0 Å². The first-order valence-corrected chi connectivity index (χ1v) is 6.03. The second-order valence-corrected chi connectivity index (χ2v) is 4.73. The molecule has 1 saturated heterocycles. The Labute approximate surface area is 97.7 Å². The molecule has 2 unspecified atom stereocenters. The first kappa shape index (κ1) is 13.3. The van der Waals surface area contributed by atoms with Gasteiger partial charge in [-0.25, -0.2) is 0 Å². The highest BCUT2D eigenvalue weighted by Gasteiger charge is 2.19. The first-order valence-electron chi connectivity index (χ1n) is 6.03. The van der Waals surface area contributed by atoms with Gasteiger partial charge in [0.2, 0.25) is 0 Å². The number of nitrogens with two attached hydrogens (primary N) is 1. The van der Waals surface area contributed by atoms with Gasteiger partial charge in [0.05, 0.1) is 0 Å². The molecule has 1 fully saturated rings. The second kappa shape index (κ2) is 6.70. The molecule has 5 heteroatoms. The Morgan fingerprint density at radius 3 is 3.00 bits per heavy atom. The van der Waals surface area contributed by atoms with Crippen molar-refractivity contribution in [3.05, 3.63) is 0 Å². The third-order valence-electron chi connectivity index (χ3n) is 3.27. The summed E-state index contributed by atoms with van der Waals surface area (Å²) >= 11 is 0. The summed E-state index contributed by atoms with van der Waals surface area (Å²) < 4.78 is 0. The standard InChI is InChI=1S/C11H24N4O/c1-9(7-11(12)14-16)13-8-10-5-3-4-6-15(10)2/h9-10,13,16H,3-8H2,1-2H3,(H2,12,14). The summed E-state index contributed by atoms with van der Waals surface area (Å²) in [6.45, 7) is 4.23. The minimum Gasteiger partial charge on any atom is -0.409 e. The average Bonchev–Trinajstić information content (AvgIpc) is 2.28. The molecule has 1 aliphatic rings. The predicted molar refractivity (Wildman–Crippen MR) is 65.8 cm³/mol. The van der Waals surface area contributed by atoms with E-state index in [-0.39, 0.29) is 11.9 Å². The van der Waals surface area contributed by atoms with E-state index < -0.39 is 0 Å². The van der Waals surface area contributed by atoms with E-state index in [2.05, 4.69) is 29.3 Å². The van der Waals surface area contributed by atoms with Gasteiger partial charge in [0.25, 0.3) is 0 Å². The Balaban J connectivity index is 2.22. The summed E-state index contributed by atoms with van der Waals surface area (Å²) in [5.74, 6) is 0.289. The topological polar surface area (TPSA) is 73.9 Å². The van der Waals surface area contributed by atoms with E-state index in [0.29, 0.717) is 12.5 Å². The minimum absolute atomic E-state index is 0.256. The fraction of sp³-hybridized carbons (Fsp3) is 0.909. The minimum atomic E-state index is 0.256. The molecular formula is C11H24N4O. The molecule has 0 aromatic rings. The van der Waals surface area contributed by atoms with E-state index in [1.54, 1.807) is 0 Å². The van der Waals surface area contributed by atoms with Crippen molar-refractivity contribution in [1.29, 1.82) is 0 Å². The predicted octanol–water partition coefficient (Wildman–Crippen LogP) is 0.585. The smallest absolute Gasteiger partial charge is 0.140 e. The molecule has 5 nitrogen and oxygen atoms in total. The molecule has 0 aliphatic carbocycles. The molecule has 0 amide bonds. The number of piperidine rings is 1. The van der Waals surface area contributed by atoms with E-state index >= 15 is 0 Å². The van der Waals surface area contributed by atoms with Gasteiger partial charge in [0.15, 0.2) is 0 Å². The maximum Gasteiger partial charge on any atom is 0.140 e. The van der Waals surface area contributed by atoms with Crippen molar-refractivity contribution in [2.75, 3.05) is 20.1 Å². The van der Waals surface area contributed by atoms with Crippen LogP contribution in [0.3, 0.4) is 0 Å². The molecule has 4 N–H and O–H groups in total. The van der Waals surface area contributed by atoms with E-state index in [0.717, 1.165) is 6.54 Å². The van der Waals surface area contributed by atoms with Gasteiger partial charge in [0.1, 0.15) is 5.84 Å². The van der Waals surface area contributed by atoms with Crippen LogP contribution in [0.25, 0.3) is 0 Å². The van der Waals surface area contributed by atoms with Crippen LogP contribution >= 0.6 is 0 Å². The fourth-order valence-electron chi connectivity index (χ4n) is 2.17. The monoisotopic (exact) mass is 228 g/mol. The van der Waals surface area contributed by atoms with Crippen molar-refractivity contribution < 1.29 is 5.21 Å². The number of rotatable bonds is 5. The molecule has 2 atom stereocenters. The molecule has 0 radical (unpaired) electrons. The maximum absolute atomic E-state index is 8.47. The summed E-state index contributed by atoms with van der Waals surface area (Å²) in [6, 6.07) is 0.884. The Bertz CT molecular complexity index is 232. The van der Waals surface area contributed by atoms with Crippen molar-refractivity contribution in [2.45, 2.75) is 44.7 Å². The lowest BCUT2D eigenvalue weighted by Crippen LogP contribution is -2.45. The molecule has 16 heavy (non-hydrogen) atoms. The molecule has 0 spiro atoms. The lowest BCUT2D eigenvalue weighted by Gasteiger charge is -2.33. The van der Waals surface area contributed by atoms with Gasteiger partial charge >= 0.3 is 0 Å². The van der Waals surface area contributed by atoms with E-state index in [1.807, 2.05) is 0 Å². The maximum atomic E-state index is 8.47. The largest absolute Gasteiger partial charge is 0.409 e. The zero-order valence-electron chi connectivity index (χ0n) is 10.3. The lowest BCUT2D eigenvalue weighted by atomic mass is 10.0. The van der Waals surface area contributed by atoms with Crippen LogP contribution < -0.4 is 11.1 Å². The highest BCUT2D eigenvalue weighted by Crippen LogP contribution is 2.14. The van der Waals surface area contributed by atoms with Crippen LogP contribution in [0.15, 0.2) is 5.16 Å². The summed E-state index contributed by atoms with van der Waals surface area (Å²) in [5, 5.41) is 14.9. The number of hydrogen-bond donors (Lipinski definition) is 3. The van der Waals surface area contributed by atoms with Crippen LogP contribution in [-0.2, 0) is 0 Å². The number of hydrogen-bond acceptors (Lipinski definition) is 4. The van der Waals surface area contributed by atoms with Crippen molar-refractivity contribution >= 4 is 5.84 Å². The average molecular weight is 228 g/mol. The van der Waals surface area contributed by atoms with Crippen LogP contribution in [0.5, 0.6) is 0 Å². The van der Waals surface area contributed by atoms with Crippen LogP contribution in [0, 0.1) is 0 Å². The number of likely N-dealkylation sites (N-methyl/N-ethyl adjacent to an activating group) is 1. The number of nitrogens with zero attached hydrogens (tertiary/aromatic N) is 2. The van der Waals surface area contributed by atoms with Gasteiger partial charge in [0, 0.05) is 25.0 Å². The Morgan fingerprint density at radius 2 is 2.38 bits per heavy atom. The van der Waals surface area contributed by atoms with Gasteiger partial charge in [-0.15, -0.1) is 0 Å². The van der Waals surface area contributed by atoms with Gasteiger partial charge < -0.3 is 21.2 Å². The highest BCUT2D eigenvalue weighted by molar-refractivity contribution is 5.80. The lowest BCUT2D eigenvalue weighted by molar-refractivity contribution is 0.178. The summed E-state index contributed by atoms with van der Waals surface area (Å²) in [7, 11) is 2.18. The van der Waals surface area contributed by atoms with E-state index in [1.165, 1.54) is 25.8 Å². The molecule has 0 aromatic carbocycles. The quantitative estimate of drug-likeness (QED) is 0.279. The van der Waals surface area contributed by atoms with Crippen molar-refractivity contribution in [1.82, 2.24) is 10.2 Å². The molecular weight excluding hydrogens is 204 g/mol. The zero-order valence-corrected chi connectivity index (χ0v) is 10.3. The molecule has 0 aromatic heterocycles. The van der Waals surface area contributed by atoms with Crippen LogP contribution in [0.2, 0.25) is 0 Å². The molecule has 1 rings (SSSR count). The molecule has 0 saturated carbocycles. The molecule has 0 bridgehead atoms. The van der Waals surface area contributed by atoms with Crippen molar-refractivity contribution in [3.8, 4) is 0 Å². The molecule has 94 valence electrons. The van der Waals surface area contributed by atoms with Crippen LogP contribution in [0.4, 0.5) is 0 Å². The summed E-state index contributed by atoms with van der Waals surface area (Å²) in [4.78, 5) is 2.41. The normalized spacial score (nSPS) is 25.6. The Morgan fingerprint density at radius 1 is 1.62 bits per heavy atom. The van der Waals surface area contributed by atoms with Crippen molar-refractivity contribution in [2.24, 2.45) is 10.9 Å². The Hall–Kier alpha value is -0.810. The Kier molecular flexibility index (Phi) is 5.55. The van der Waals surface area contributed by atoms with Gasteiger partial charge in [-0.3, -0.25) is 0 Å². The summed E-state index contributed by atoms with van der Waals surface area (Å²) in [6.07, 6.45) is 4.49. The molecule has 1 aliphatic heterocycles. The van der Waals surface area contributed by atoms with Crippen LogP contribution in [0.1, 0.15) is 32.6 Å². The third-order valence-corrected chi connectivity index (χ3v) is 3.27. The molecule has 1 heterocycles. The number of oxime groups is 1. The fourth-order valence-corrected chi connectivity index (χ4v) is 2.17. The van der Waals surface area contributed by atoms with Gasteiger partial charge in [-0.1, -0.05) is 11.6 Å². The van der Waals surface area contributed by atoms with E-state index in [9.17, 15) is 0 Å². The first-order chi connectivity index (χ1) is 7.63.